The average molecular weight is 342 g/mol. The SMILES string of the molecule is CN(Cc1nc(-c2ccc(Cl)cc2)no1)C1CCS(=O)(=O)C1. The largest absolute Gasteiger partial charge is 0.338 e. The van der Waals surface area contributed by atoms with E-state index in [1.165, 1.54) is 0 Å². The molecule has 1 aromatic heterocycles. The van der Waals surface area contributed by atoms with Gasteiger partial charge in [-0.1, -0.05) is 16.8 Å². The summed E-state index contributed by atoms with van der Waals surface area (Å²) in [7, 11) is -1.02. The van der Waals surface area contributed by atoms with Gasteiger partial charge >= 0.3 is 0 Å². The normalized spacial score (nSPS) is 20.6. The van der Waals surface area contributed by atoms with Crippen LogP contribution in [0.15, 0.2) is 28.8 Å². The Morgan fingerprint density at radius 1 is 1.36 bits per heavy atom. The minimum atomic E-state index is -2.90. The molecular formula is C14H16ClN3O3S. The predicted octanol–water partition coefficient (Wildman–Crippen LogP) is 2.01. The Hall–Kier alpha value is -1.44. The molecule has 8 heteroatoms. The molecule has 1 fully saturated rings. The first-order valence-electron chi connectivity index (χ1n) is 6.92. The van der Waals surface area contributed by atoms with Gasteiger partial charge < -0.3 is 4.52 Å². The maximum absolute atomic E-state index is 11.5. The van der Waals surface area contributed by atoms with Crippen LogP contribution < -0.4 is 0 Å². The van der Waals surface area contributed by atoms with Crippen molar-refractivity contribution in [3.05, 3.63) is 35.2 Å². The molecule has 0 saturated carbocycles. The fourth-order valence-corrected chi connectivity index (χ4v) is 4.43. The molecule has 1 saturated heterocycles. The van der Waals surface area contributed by atoms with E-state index in [1.807, 2.05) is 24.1 Å². The van der Waals surface area contributed by atoms with E-state index >= 15 is 0 Å². The van der Waals surface area contributed by atoms with Gasteiger partial charge in [0.2, 0.25) is 11.7 Å². The second-order valence-electron chi connectivity index (χ2n) is 5.49. The minimum Gasteiger partial charge on any atom is -0.338 e. The molecule has 2 aromatic rings. The topological polar surface area (TPSA) is 76.3 Å². The lowest BCUT2D eigenvalue weighted by Crippen LogP contribution is -2.32. The number of hydrogen-bond acceptors (Lipinski definition) is 6. The van der Waals surface area contributed by atoms with E-state index in [4.69, 9.17) is 16.1 Å². The van der Waals surface area contributed by atoms with Crippen LogP contribution in [0, 0.1) is 0 Å². The summed E-state index contributed by atoms with van der Waals surface area (Å²) in [6.45, 7) is 0.431. The smallest absolute Gasteiger partial charge is 0.241 e. The lowest BCUT2D eigenvalue weighted by atomic mass is 10.2. The van der Waals surface area contributed by atoms with E-state index in [-0.39, 0.29) is 17.5 Å². The van der Waals surface area contributed by atoms with Crippen LogP contribution in [0.3, 0.4) is 0 Å². The van der Waals surface area contributed by atoms with Gasteiger partial charge in [-0.15, -0.1) is 0 Å². The molecule has 0 aliphatic carbocycles. The van der Waals surface area contributed by atoms with Crippen LogP contribution in [-0.4, -0.2) is 48.1 Å². The zero-order chi connectivity index (χ0) is 15.7. The first kappa shape index (κ1) is 15.5. The van der Waals surface area contributed by atoms with E-state index in [2.05, 4.69) is 10.1 Å². The van der Waals surface area contributed by atoms with Crippen LogP contribution >= 0.6 is 11.6 Å². The number of nitrogens with zero attached hydrogens (tertiary/aromatic N) is 3. The third kappa shape index (κ3) is 3.48. The van der Waals surface area contributed by atoms with E-state index in [0.717, 1.165) is 5.56 Å². The van der Waals surface area contributed by atoms with Crippen LogP contribution in [0.5, 0.6) is 0 Å². The second kappa shape index (κ2) is 5.98. The van der Waals surface area contributed by atoms with Crippen molar-refractivity contribution in [1.29, 1.82) is 0 Å². The summed E-state index contributed by atoms with van der Waals surface area (Å²) in [5, 5.41) is 4.60. The molecule has 22 heavy (non-hydrogen) atoms. The van der Waals surface area contributed by atoms with Crippen molar-refractivity contribution in [3.8, 4) is 11.4 Å². The van der Waals surface area contributed by atoms with Crippen molar-refractivity contribution < 1.29 is 12.9 Å². The number of halogens is 1. The summed E-state index contributed by atoms with van der Waals surface area (Å²) in [5.74, 6) is 1.42. The van der Waals surface area contributed by atoms with Crippen molar-refractivity contribution in [2.75, 3.05) is 18.6 Å². The molecule has 0 spiro atoms. The van der Waals surface area contributed by atoms with Crippen LogP contribution in [0.4, 0.5) is 0 Å². The Morgan fingerprint density at radius 3 is 2.73 bits per heavy atom. The van der Waals surface area contributed by atoms with Gasteiger partial charge in [-0.2, -0.15) is 4.98 Å². The standard InChI is InChI=1S/C14H16ClN3O3S/c1-18(12-6-7-22(19,20)9-12)8-13-16-14(17-21-13)10-2-4-11(15)5-3-10/h2-5,12H,6-9H2,1H3. The average Bonchev–Trinajstić information content (AvgIpc) is 3.06. The van der Waals surface area contributed by atoms with E-state index in [0.29, 0.717) is 29.7 Å². The van der Waals surface area contributed by atoms with E-state index in [9.17, 15) is 8.42 Å². The van der Waals surface area contributed by atoms with Crippen molar-refractivity contribution in [3.63, 3.8) is 0 Å². The van der Waals surface area contributed by atoms with Crippen LogP contribution in [0.1, 0.15) is 12.3 Å². The highest BCUT2D eigenvalue weighted by Crippen LogP contribution is 2.21. The highest BCUT2D eigenvalue weighted by molar-refractivity contribution is 7.91. The summed E-state index contributed by atoms with van der Waals surface area (Å²) in [4.78, 5) is 6.29. The summed E-state index contributed by atoms with van der Waals surface area (Å²) in [6.07, 6.45) is 0.650. The molecule has 1 aliphatic heterocycles. The van der Waals surface area contributed by atoms with Gasteiger partial charge in [0.15, 0.2) is 9.84 Å². The molecule has 0 N–H and O–H groups in total. The number of sulfone groups is 1. The molecule has 0 radical (unpaired) electrons. The molecule has 6 nitrogen and oxygen atoms in total. The second-order valence-corrected chi connectivity index (χ2v) is 8.16. The van der Waals surface area contributed by atoms with Gasteiger partial charge in [0.1, 0.15) is 0 Å². The molecule has 1 aromatic carbocycles. The first-order valence-corrected chi connectivity index (χ1v) is 9.12. The molecular weight excluding hydrogens is 326 g/mol. The lowest BCUT2D eigenvalue weighted by molar-refractivity contribution is 0.218. The maximum atomic E-state index is 11.5. The van der Waals surface area contributed by atoms with Crippen LogP contribution in [0.2, 0.25) is 5.02 Å². The number of rotatable bonds is 4. The van der Waals surface area contributed by atoms with E-state index in [1.54, 1.807) is 12.1 Å². The van der Waals surface area contributed by atoms with Gasteiger partial charge in [-0.25, -0.2) is 8.42 Å². The number of hydrogen-bond donors (Lipinski definition) is 0. The van der Waals surface area contributed by atoms with E-state index < -0.39 is 9.84 Å². The Kier molecular flexibility index (Phi) is 4.20. The fourth-order valence-electron chi connectivity index (χ4n) is 2.50. The van der Waals surface area contributed by atoms with Crippen molar-refractivity contribution in [1.82, 2.24) is 15.0 Å². The monoisotopic (exact) mass is 341 g/mol. The molecule has 1 atom stereocenters. The van der Waals surface area contributed by atoms with Gasteiger partial charge in [0, 0.05) is 16.6 Å². The van der Waals surface area contributed by atoms with Crippen LogP contribution in [-0.2, 0) is 16.4 Å². The van der Waals surface area contributed by atoms with Crippen molar-refractivity contribution in [2.45, 2.75) is 19.0 Å². The summed E-state index contributed by atoms with van der Waals surface area (Å²) in [6, 6.07) is 7.19. The quantitative estimate of drug-likeness (QED) is 0.846. The number of aromatic nitrogens is 2. The predicted molar refractivity (Wildman–Crippen MR) is 83.3 cm³/mol. The molecule has 0 amide bonds. The lowest BCUT2D eigenvalue weighted by Gasteiger charge is -2.20. The van der Waals surface area contributed by atoms with Gasteiger partial charge in [-0.3, -0.25) is 4.90 Å². The molecule has 1 unspecified atom stereocenters. The van der Waals surface area contributed by atoms with Gasteiger partial charge in [0.25, 0.3) is 0 Å². The fraction of sp³-hybridized carbons (Fsp3) is 0.429. The molecule has 1 aliphatic rings. The van der Waals surface area contributed by atoms with Gasteiger partial charge in [0.05, 0.1) is 18.1 Å². The Bertz CT molecular complexity index is 758. The zero-order valence-electron chi connectivity index (χ0n) is 12.1. The molecule has 3 rings (SSSR count). The Morgan fingerprint density at radius 2 is 2.09 bits per heavy atom. The first-order chi connectivity index (χ1) is 10.4. The Balaban J connectivity index is 1.68. The highest BCUT2D eigenvalue weighted by Gasteiger charge is 2.31. The Labute approximate surface area is 134 Å². The summed E-state index contributed by atoms with van der Waals surface area (Å²) < 4.78 is 28.3. The molecule has 118 valence electrons. The van der Waals surface area contributed by atoms with Gasteiger partial charge in [-0.05, 0) is 37.7 Å². The zero-order valence-corrected chi connectivity index (χ0v) is 13.6. The van der Waals surface area contributed by atoms with Crippen molar-refractivity contribution in [2.24, 2.45) is 0 Å². The molecule has 0 bridgehead atoms. The minimum absolute atomic E-state index is 0.0101. The van der Waals surface area contributed by atoms with Crippen molar-refractivity contribution >= 4 is 21.4 Å². The molecule has 2 heterocycles. The third-order valence-corrected chi connectivity index (χ3v) is 5.79. The number of benzene rings is 1. The highest BCUT2D eigenvalue weighted by atomic mass is 35.5. The summed E-state index contributed by atoms with van der Waals surface area (Å²) >= 11 is 5.85. The maximum Gasteiger partial charge on any atom is 0.241 e. The summed E-state index contributed by atoms with van der Waals surface area (Å²) in [5.41, 5.74) is 0.825. The third-order valence-electron chi connectivity index (χ3n) is 3.79. The van der Waals surface area contributed by atoms with Crippen LogP contribution in [0.25, 0.3) is 11.4 Å².